The fourth-order valence-electron chi connectivity index (χ4n) is 1.95. The zero-order chi connectivity index (χ0) is 13.8. The molecule has 0 radical (unpaired) electrons. The van der Waals surface area contributed by atoms with Crippen molar-refractivity contribution in [2.45, 2.75) is 19.3 Å². The van der Waals surface area contributed by atoms with E-state index in [0.717, 1.165) is 22.7 Å². The van der Waals surface area contributed by atoms with Crippen LogP contribution in [0.2, 0.25) is 5.02 Å². The third-order valence-electron chi connectivity index (χ3n) is 2.97. The smallest absolute Gasteiger partial charge is 0.137 e. The molecule has 0 spiro atoms. The second kappa shape index (κ2) is 6.37. The monoisotopic (exact) mass is 296 g/mol. The maximum Gasteiger partial charge on any atom is 0.137 e. The van der Waals surface area contributed by atoms with Gasteiger partial charge in [0.05, 0.1) is 17.1 Å². The van der Waals surface area contributed by atoms with Crippen molar-refractivity contribution in [2.24, 2.45) is 5.73 Å². The molecule has 102 valence electrons. The Hall–Kier alpha value is -1.10. The van der Waals surface area contributed by atoms with Crippen molar-refractivity contribution in [1.29, 1.82) is 0 Å². The predicted octanol–water partition coefficient (Wildman–Crippen LogP) is 3.40. The highest BCUT2D eigenvalue weighted by Crippen LogP contribution is 2.28. The Bertz CT molecular complexity index is 556. The molecule has 1 aromatic carbocycles. The van der Waals surface area contributed by atoms with Gasteiger partial charge in [-0.15, -0.1) is 11.3 Å². The van der Waals surface area contributed by atoms with Crippen molar-refractivity contribution in [2.75, 3.05) is 13.7 Å². The van der Waals surface area contributed by atoms with E-state index in [9.17, 15) is 0 Å². The van der Waals surface area contributed by atoms with Crippen LogP contribution in [-0.4, -0.2) is 18.6 Å². The summed E-state index contributed by atoms with van der Waals surface area (Å²) >= 11 is 7.80. The van der Waals surface area contributed by atoms with Gasteiger partial charge in [0.1, 0.15) is 5.75 Å². The lowest BCUT2D eigenvalue weighted by Gasteiger charge is -2.13. The van der Waals surface area contributed by atoms with Gasteiger partial charge in [-0.05, 0) is 31.0 Å². The number of hydrogen-bond acceptors (Lipinski definition) is 4. The molecule has 2 aromatic rings. The summed E-state index contributed by atoms with van der Waals surface area (Å²) in [6, 6.07) is 5.84. The van der Waals surface area contributed by atoms with Crippen LogP contribution in [0.1, 0.15) is 22.2 Å². The van der Waals surface area contributed by atoms with Crippen molar-refractivity contribution >= 4 is 22.9 Å². The zero-order valence-electron chi connectivity index (χ0n) is 11.0. The van der Waals surface area contributed by atoms with Gasteiger partial charge < -0.3 is 10.5 Å². The molecule has 19 heavy (non-hydrogen) atoms. The van der Waals surface area contributed by atoms with Gasteiger partial charge in [0.25, 0.3) is 0 Å². The number of nitrogens with zero attached hydrogens (tertiary/aromatic N) is 1. The molecule has 0 aliphatic rings. The molecule has 0 aliphatic heterocycles. The fraction of sp³-hybridized carbons (Fsp3) is 0.357. The first-order valence-corrected chi connectivity index (χ1v) is 7.34. The number of thiazole rings is 1. The molecule has 2 rings (SSSR count). The van der Waals surface area contributed by atoms with Gasteiger partial charge in [0, 0.05) is 23.5 Å². The van der Waals surface area contributed by atoms with E-state index in [-0.39, 0.29) is 5.92 Å². The van der Waals surface area contributed by atoms with Gasteiger partial charge in [0.2, 0.25) is 0 Å². The minimum absolute atomic E-state index is 0.239. The average Bonchev–Trinajstić information content (AvgIpc) is 2.82. The van der Waals surface area contributed by atoms with Crippen molar-refractivity contribution in [3.05, 3.63) is 44.9 Å². The normalized spacial score (nSPS) is 12.4. The molecule has 0 saturated carbocycles. The molecular weight excluding hydrogens is 280 g/mol. The van der Waals surface area contributed by atoms with Crippen molar-refractivity contribution in [3.63, 3.8) is 0 Å². The van der Waals surface area contributed by atoms with E-state index < -0.39 is 0 Å². The van der Waals surface area contributed by atoms with Crippen LogP contribution >= 0.6 is 22.9 Å². The molecule has 2 N–H and O–H groups in total. The topological polar surface area (TPSA) is 48.1 Å². The van der Waals surface area contributed by atoms with Gasteiger partial charge in [-0.3, -0.25) is 0 Å². The Morgan fingerprint density at radius 3 is 2.79 bits per heavy atom. The summed E-state index contributed by atoms with van der Waals surface area (Å²) in [6.07, 6.45) is 0.840. The van der Waals surface area contributed by atoms with Gasteiger partial charge in [-0.1, -0.05) is 17.7 Å². The summed E-state index contributed by atoms with van der Waals surface area (Å²) in [5.74, 6) is 0.933. The predicted molar refractivity (Wildman–Crippen MR) is 80.4 cm³/mol. The lowest BCUT2D eigenvalue weighted by molar-refractivity contribution is 0.415. The highest BCUT2D eigenvalue weighted by molar-refractivity contribution is 7.09. The van der Waals surface area contributed by atoms with E-state index in [1.54, 1.807) is 18.4 Å². The Kier molecular flexibility index (Phi) is 4.80. The second-order valence-corrected chi connectivity index (χ2v) is 5.73. The Balaban J connectivity index is 2.16. The number of rotatable bonds is 5. The lowest BCUT2D eigenvalue weighted by Crippen LogP contribution is -2.15. The summed E-state index contributed by atoms with van der Waals surface area (Å²) in [6.45, 7) is 2.58. The van der Waals surface area contributed by atoms with Crippen LogP contribution in [0, 0.1) is 6.92 Å². The highest BCUT2D eigenvalue weighted by Gasteiger charge is 2.15. The highest BCUT2D eigenvalue weighted by atomic mass is 35.5. The third kappa shape index (κ3) is 3.47. The summed E-state index contributed by atoms with van der Waals surface area (Å²) in [5.41, 5.74) is 8.06. The number of aromatic nitrogens is 1. The molecule has 1 heterocycles. The fourth-order valence-corrected chi connectivity index (χ4v) is 3.15. The first kappa shape index (κ1) is 14.3. The molecular formula is C14H17ClN2OS. The second-order valence-electron chi connectivity index (χ2n) is 4.43. The molecule has 3 nitrogen and oxygen atoms in total. The van der Waals surface area contributed by atoms with Crippen LogP contribution in [0.15, 0.2) is 23.6 Å². The lowest BCUT2D eigenvalue weighted by atomic mass is 10.00. The maximum atomic E-state index is 6.14. The van der Waals surface area contributed by atoms with E-state index in [1.807, 2.05) is 25.1 Å². The first-order chi connectivity index (χ1) is 9.13. The number of hydrogen-bond donors (Lipinski definition) is 1. The van der Waals surface area contributed by atoms with Crippen LogP contribution < -0.4 is 10.5 Å². The molecule has 1 atom stereocenters. The molecule has 1 unspecified atom stereocenters. The van der Waals surface area contributed by atoms with E-state index in [1.165, 1.54) is 0 Å². The van der Waals surface area contributed by atoms with Gasteiger partial charge in [-0.2, -0.15) is 0 Å². The van der Waals surface area contributed by atoms with Crippen molar-refractivity contribution in [3.8, 4) is 5.75 Å². The summed E-state index contributed by atoms with van der Waals surface area (Å²) in [5, 5.41) is 3.77. The first-order valence-electron chi connectivity index (χ1n) is 6.08. The largest absolute Gasteiger partial charge is 0.495 e. The summed E-state index contributed by atoms with van der Waals surface area (Å²) in [7, 11) is 1.61. The zero-order valence-corrected chi connectivity index (χ0v) is 12.6. The van der Waals surface area contributed by atoms with Crippen molar-refractivity contribution in [1.82, 2.24) is 4.98 Å². The van der Waals surface area contributed by atoms with Crippen LogP contribution in [0.25, 0.3) is 0 Å². The maximum absolute atomic E-state index is 6.14. The summed E-state index contributed by atoms with van der Waals surface area (Å²) < 4.78 is 5.15. The average molecular weight is 297 g/mol. The summed E-state index contributed by atoms with van der Waals surface area (Å²) in [4.78, 5) is 4.52. The number of aryl methyl sites for hydroxylation is 1. The van der Waals surface area contributed by atoms with Crippen molar-refractivity contribution < 1.29 is 4.74 Å². The van der Waals surface area contributed by atoms with Gasteiger partial charge >= 0.3 is 0 Å². The van der Waals surface area contributed by atoms with E-state index in [0.29, 0.717) is 17.3 Å². The molecule has 0 aliphatic carbocycles. The van der Waals surface area contributed by atoms with Gasteiger partial charge in [-0.25, -0.2) is 4.98 Å². The molecule has 1 aromatic heterocycles. The Morgan fingerprint density at radius 2 is 2.26 bits per heavy atom. The number of benzene rings is 1. The minimum atomic E-state index is 0.239. The van der Waals surface area contributed by atoms with E-state index in [2.05, 4.69) is 10.4 Å². The number of methoxy groups -OCH3 is 1. The minimum Gasteiger partial charge on any atom is -0.495 e. The molecule has 5 heteroatoms. The van der Waals surface area contributed by atoms with Gasteiger partial charge in [0.15, 0.2) is 0 Å². The molecule has 0 amide bonds. The SMILES string of the molecule is COc1ccc(CC(CN)c2nc(C)cs2)cc1Cl. The van der Waals surface area contributed by atoms with Crippen LogP contribution in [0.3, 0.4) is 0 Å². The quantitative estimate of drug-likeness (QED) is 0.920. The van der Waals surface area contributed by atoms with Crippen LogP contribution in [-0.2, 0) is 6.42 Å². The van der Waals surface area contributed by atoms with Crippen LogP contribution in [0.5, 0.6) is 5.75 Å². The van der Waals surface area contributed by atoms with Crippen LogP contribution in [0.4, 0.5) is 0 Å². The Morgan fingerprint density at radius 1 is 1.47 bits per heavy atom. The number of nitrogens with two attached hydrogens (primary N) is 1. The standard InChI is InChI=1S/C14H17ClN2OS/c1-9-8-19-14(17-9)11(7-16)5-10-3-4-13(18-2)12(15)6-10/h3-4,6,8,11H,5,7,16H2,1-2H3. The molecule has 0 fully saturated rings. The van der Waals surface area contributed by atoms with E-state index >= 15 is 0 Å². The number of halogens is 1. The Labute approximate surface area is 122 Å². The van der Waals surface area contributed by atoms with E-state index in [4.69, 9.17) is 22.1 Å². The third-order valence-corrected chi connectivity index (χ3v) is 4.39. The molecule has 0 saturated heterocycles. The molecule has 0 bridgehead atoms. The number of ether oxygens (including phenoxy) is 1.